The second kappa shape index (κ2) is 5.94. The zero-order valence-corrected chi connectivity index (χ0v) is 13.3. The molecule has 3 nitrogen and oxygen atoms in total. The molecule has 2 N–H and O–H groups in total. The Morgan fingerprint density at radius 3 is 2.60 bits per heavy atom. The van der Waals surface area contributed by atoms with Crippen molar-refractivity contribution in [2.45, 2.75) is 40.3 Å². The van der Waals surface area contributed by atoms with E-state index < -0.39 is 0 Å². The molecule has 1 atom stereocenters. The van der Waals surface area contributed by atoms with Crippen molar-refractivity contribution in [3.8, 4) is 0 Å². The molecule has 0 aliphatic heterocycles. The molecule has 0 amide bonds. The maximum Gasteiger partial charge on any atom is 0.256 e. The van der Waals surface area contributed by atoms with Crippen LogP contribution in [-0.4, -0.2) is 4.57 Å². The van der Waals surface area contributed by atoms with Crippen LogP contribution in [0.15, 0.2) is 28.4 Å². The highest BCUT2D eigenvalue weighted by Crippen LogP contribution is 2.24. The number of pyridine rings is 1. The molecule has 20 heavy (non-hydrogen) atoms. The molecule has 2 aromatic rings. The number of hydrogen-bond donors (Lipinski definition) is 1. The Kier molecular flexibility index (Phi) is 4.45. The zero-order valence-electron chi connectivity index (χ0n) is 12.5. The summed E-state index contributed by atoms with van der Waals surface area (Å²) in [6.45, 7) is 8.92. The third-order valence-corrected chi connectivity index (χ3v) is 4.42. The van der Waals surface area contributed by atoms with E-state index in [1.54, 1.807) is 11.3 Å². The summed E-state index contributed by atoms with van der Waals surface area (Å²) < 4.78 is 1.85. The lowest BCUT2D eigenvalue weighted by Crippen LogP contribution is -2.32. The molecule has 0 fully saturated rings. The summed E-state index contributed by atoms with van der Waals surface area (Å²) in [5.41, 5.74) is 9.07. The molecule has 108 valence electrons. The van der Waals surface area contributed by atoms with Crippen LogP contribution in [0.5, 0.6) is 0 Å². The molecular formula is C16H22N2OS. The quantitative estimate of drug-likeness (QED) is 0.939. The molecule has 0 saturated heterocycles. The predicted octanol–water partition coefficient (Wildman–Crippen LogP) is 3.23. The normalized spacial score (nSPS) is 12.9. The summed E-state index contributed by atoms with van der Waals surface area (Å²) in [6, 6.07) is 5.69. The van der Waals surface area contributed by atoms with E-state index in [9.17, 15) is 4.79 Å². The molecule has 0 aliphatic rings. The van der Waals surface area contributed by atoms with Gasteiger partial charge >= 0.3 is 0 Å². The van der Waals surface area contributed by atoms with Gasteiger partial charge in [-0.25, -0.2) is 0 Å². The zero-order chi connectivity index (χ0) is 14.9. The van der Waals surface area contributed by atoms with E-state index in [1.807, 2.05) is 35.9 Å². The third kappa shape index (κ3) is 2.86. The molecule has 2 rings (SSSR count). The Hall–Kier alpha value is -1.39. The standard InChI is InChI=1S/C16H22N2OS/c1-10(2)9-18-12(4)8-11(3)14(16(18)19)15(17)13-6-5-7-20-13/h5-8,10,15H,9,17H2,1-4H3. The van der Waals surface area contributed by atoms with Gasteiger partial charge < -0.3 is 10.3 Å². The van der Waals surface area contributed by atoms with Crippen LogP contribution < -0.4 is 11.3 Å². The lowest BCUT2D eigenvalue weighted by molar-refractivity contribution is 0.498. The van der Waals surface area contributed by atoms with Crippen LogP contribution in [-0.2, 0) is 6.54 Å². The van der Waals surface area contributed by atoms with Gasteiger partial charge in [0.05, 0.1) is 6.04 Å². The first-order chi connectivity index (χ1) is 9.41. The molecule has 0 aliphatic carbocycles. The van der Waals surface area contributed by atoms with Crippen molar-refractivity contribution in [3.63, 3.8) is 0 Å². The summed E-state index contributed by atoms with van der Waals surface area (Å²) in [5.74, 6) is 0.430. The second-order valence-corrected chi connectivity index (χ2v) is 6.66. The van der Waals surface area contributed by atoms with Gasteiger partial charge in [0.2, 0.25) is 0 Å². The van der Waals surface area contributed by atoms with Crippen LogP contribution in [0.4, 0.5) is 0 Å². The van der Waals surface area contributed by atoms with Crippen LogP contribution in [0.3, 0.4) is 0 Å². The van der Waals surface area contributed by atoms with Gasteiger partial charge in [-0.2, -0.15) is 0 Å². The van der Waals surface area contributed by atoms with Crippen LogP contribution in [0.2, 0.25) is 0 Å². The Labute approximate surface area is 124 Å². The lowest BCUT2D eigenvalue weighted by Gasteiger charge is -2.19. The topological polar surface area (TPSA) is 48.0 Å². The number of hydrogen-bond acceptors (Lipinski definition) is 3. The molecule has 2 aromatic heterocycles. The van der Waals surface area contributed by atoms with E-state index in [1.165, 1.54) is 0 Å². The van der Waals surface area contributed by atoms with Gasteiger partial charge in [0.25, 0.3) is 5.56 Å². The molecule has 1 unspecified atom stereocenters. The minimum Gasteiger partial charge on any atom is -0.319 e. The van der Waals surface area contributed by atoms with E-state index in [4.69, 9.17) is 5.73 Å². The number of nitrogens with two attached hydrogens (primary N) is 1. The summed E-state index contributed by atoms with van der Waals surface area (Å²) >= 11 is 1.59. The molecule has 0 radical (unpaired) electrons. The van der Waals surface area contributed by atoms with Crippen LogP contribution >= 0.6 is 11.3 Å². The van der Waals surface area contributed by atoms with Crippen molar-refractivity contribution in [1.29, 1.82) is 0 Å². The Balaban J connectivity index is 2.56. The maximum absolute atomic E-state index is 12.8. The van der Waals surface area contributed by atoms with E-state index in [2.05, 4.69) is 19.9 Å². The SMILES string of the molecule is Cc1cc(C)n(CC(C)C)c(=O)c1C(N)c1cccs1. The number of thiophene rings is 1. The molecular weight excluding hydrogens is 268 g/mol. The van der Waals surface area contributed by atoms with E-state index >= 15 is 0 Å². The van der Waals surface area contributed by atoms with Gasteiger partial charge in [0.15, 0.2) is 0 Å². The van der Waals surface area contributed by atoms with Crippen LogP contribution in [0.1, 0.15) is 41.6 Å². The largest absolute Gasteiger partial charge is 0.319 e. The number of aryl methyl sites for hydroxylation is 2. The fourth-order valence-electron chi connectivity index (χ4n) is 2.52. The summed E-state index contributed by atoms with van der Waals surface area (Å²) in [4.78, 5) is 13.8. The fourth-order valence-corrected chi connectivity index (χ4v) is 3.26. The van der Waals surface area contributed by atoms with Gasteiger partial charge in [-0.15, -0.1) is 11.3 Å². The van der Waals surface area contributed by atoms with Gasteiger partial charge in [0.1, 0.15) is 0 Å². The summed E-state index contributed by atoms with van der Waals surface area (Å²) in [6.07, 6.45) is 0. The molecule has 0 aromatic carbocycles. The van der Waals surface area contributed by atoms with Gasteiger partial charge in [-0.3, -0.25) is 4.79 Å². The second-order valence-electron chi connectivity index (χ2n) is 5.69. The Morgan fingerprint density at radius 1 is 1.35 bits per heavy atom. The number of aromatic nitrogens is 1. The smallest absolute Gasteiger partial charge is 0.256 e. The van der Waals surface area contributed by atoms with Crippen molar-refractivity contribution in [2.75, 3.05) is 0 Å². The fraction of sp³-hybridized carbons (Fsp3) is 0.438. The lowest BCUT2D eigenvalue weighted by atomic mass is 10.0. The first kappa shape index (κ1) is 15.0. The average molecular weight is 290 g/mol. The van der Waals surface area contributed by atoms with Crippen molar-refractivity contribution in [3.05, 3.63) is 55.6 Å². The Bertz CT molecular complexity index is 641. The summed E-state index contributed by atoms with van der Waals surface area (Å²) in [5, 5.41) is 1.99. The maximum atomic E-state index is 12.8. The third-order valence-electron chi connectivity index (χ3n) is 3.46. The van der Waals surface area contributed by atoms with Gasteiger partial charge in [-0.05, 0) is 42.8 Å². The van der Waals surface area contributed by atoms with Gasteiger partial charge in [-0.1, -0.05) is 19.9 Å². The summed E-state index contributed by atoms with van der Waals surface area (Å²) in [7, 11) is 0. The van der Waals surface area contributed by atoms with Crippen LogP contribution in [0.25, 0.3) is 0 Å². The Morgan fingerprint density at radius 2 is 2.05 bits per heavy atom. The minimum absolute atomic E-state index is 0.0529. The highest BCUT2D eigenvalue weighted by molar-refractivity contribution is 7.10. The van der Waals surface area contributed by atoms with E-state index in [0.717, 1.165) is 28.2 Å². The van der Waals surface area contributed by atoms with Crippen molar-refractivity contribution < 1.29 is 0 Å². The highest BCUT2D eigenvalue weighted by Gasteiger charge is 2.19. The highest BCUT2D eigenvalue weighted by atomic mass is 32.1. The van der Waals surface area contributed by atoms with Gasteiger partial charge in [0, 0.05) is 22.7 Å². The van der Waals surface area contributed by atoms with Crippen molar-refractivity contribution >= 4 is 11.3 Å². The molecule has 2 heterocycles. The van der Waals surface area contributed by atoms with Crippen molar-refractivity contribution in [1.82, 2.24) is 4.57 Å². The van der Waals surface area contributed by atoms with E-state index in [0.29, 0.717) is 5.92 Å². The molecule has 0 bridgehead atoms. The monoisotopic (exact) mass is 290 g/mol. The number of nitrogens with zero attached hydrogens (tertiary/aromatic N) is 1. The first-order valence-corrected chi connectivity index (χ1v) is 7.79. The molecule has 0 saturated carbocycles. The van der Waals surface area contributed by atoms with E-state index in [-0.39, 0.29) is 11.6 Å². The minimum atomic E-state index is -0.332. The molecule has 0 spiro atoms. The van der Waals surface area contributed by atoms with Crippen molar-refractivity contribution in [2.24, 2.45) is 11.7 Å². The first-order valence-electron chi connectivity index (χ1n) is 6.91. The number of rotatable bonds is 4. The average Bonchev–Trinajstić information content (AvgIpc) is 2.87. The van der Waals surface area contributed by atoms with Crippen LogP contribution in [0, 0.1) is 19.8 Å². The predicted molar refractivity (Wildman–Crippen MR) is 85.4 cm³/mol. The molecule has 4 heteroatoms.